The van der Waals surface area contributed by atoms with Crippen molar-refractivity contribution in [1.29, 1.82) is 0 Å². The number of benzene rings is 3. The van der Waals surface area contributed by atoms with Gasteiger partial charge in [0, 0.05) is 24.0 Å². The Hall–Kier alpha value is -4.30. The fraction of sp³-hybridized carbons (Fsp3) is 0.312. The summed E-state index contributed by atoms with van der Waals surface area (Å²) >= 11 is 0. The van der Waals surface area contributed by atoms with Crippen LogP contribution in [0, 0.1) is 20.8 Å². The van der Waals surface area contributed by atoms with Crippen LogP contribution in [-0.2, 0) is 19.6 Å². The highest BCUT2D eigenvalue weighted by atomic mass is 16.5. The third-order valence-electron chi connectivity index (χ3n) is 7.58. The normalized spacial score (nSPS) is 12.2. The summed E-state index contributed by atoms with van der Waals surface area (Å²) < 4.78 is 7.16. The number of nitrogens with one attached hydrogen (secondary N) is 1. The van der Waals surface area contributed by atoms with E-state index in [-0.39, 0.29) is 11.6 Å². The molecule has 206 valence electrons. The van der Waals surface area contributed by atoms with Crippen LogP contribution in [0.2, 0.25) is 0 Å². The second-order valence-corrected chi connectivity index (χ2v) is 10.5. The Morgan fingerprint density at radius 3 is 2.33 bits per heavy atom. The van der Waals surface area contributed by atoms with Gasteiger partial charge in [0.2, 0.25) is 0 Å². The van der Waals surface area contributed by atoms with E-state index in [2.05, 4.69) is 76.5 Å². The fourth-order valence-corrected chi connectivity index (χ4v) is 5.23. The number of hydrogen-bond acceptors (Lipinski definition) is 6. The van der Waals surface area contributed by atoms with E-state index >= 15 is 0 Å². The summed E-state index contributed by atoms with van der Waals surface area (Å²) in [4.78, 5) is 18.8. The van der Waals surface area contributed by atoms with Gasteiger partial charge in [0.1, 0.15) is 5.75 Å². The molecule has 0 bridgehead atoms. The Bertz CT molecular complexity index is 1650. The molecule has 0 radical (unpaired) electrons. The van der Waals surface area contributed by atoms with E-state index in [0.717, 1.165) is 51.2 Å². The zero-order valence-corrected chi connectivity index (χ0v) is 23.8. The number of aromatic nitrogens is 5. The number of fused-ring (bicyclic) bond motifs is 1. The number of methoxy groups -OCH3 is 1. The van der Waals surface area contributed by atoms with Crippen molar-refractivity contribution in [2.24, 2.45) is 0 Å². The van der Waals surface area contributed by atoms with Gasteiger partial charge in [0.05, 0.1) is 25.2 Å². The molecular weight excluding hydrogens is 500 g/mol. The lowest BCUT2D eigenvalue weighted by Gasteiger charge is -2.30. The van der Waals surface area contributed by atoms with Crippen LogP contribution in [0.25, 0.3) is 10.9 Å². The van der Waals surface area contributed by atoms with Crippen LogP contribution in [0.15, 0.2) is 71.5 Å². The molecule has 0 saturated carbocycles. The number of rotatable bonds is 10. The number of tetrazole rings is 1. The lowest BCUT2D eigenvalue weighted by molar-refractivity contribution is 0.161. The van der Waals surface area contributed by atoms with Gasteiger partial charge < -0.3 is 9.72 Å². The average Bonchev–Trinajstić information content (AvgIpc) is 3.41. The third-order valence-corrected chi connectivity index (χ3v) is 7.58. The molecule has 0 unspecified atom stereocenters. The molecule has 1 atom stereocenters. The first kappa shape index (κ1) is 27.3. The molecule has 40 heavy (non-hydrogen) atoms. The van der Waals surface area contributed by atoms with Crippen LogP contribution in [0.3, 0.4) is 0 Å². The maximum absolute atomic E-state index is 13.3. The summed E-state index contributed by atoms with van der Waals surface area (Å²) in [7, 11) is 1.66. The smallest absolute Gasteiger partial charge is 0.252 e. The van der Waals surface area contributed by atoms with Crippen molar-refractivity contribution in [3.63, 3.8) is 0 Å². The minimum absolute atomic E-state index is 0.0669. The molecule has 2 aromatic heterocycles. The molecule has 8 nitrogen and oxygen atoms in total. The highest BCUT2D eigenvalue weighted by Crippen LogP contribution is 2.28. The molecule has 5 aromatic rings. The summed E-state index contributed by atoms with van der Waals surface area (Å²) in [6, 6.07) is 22.6. The van der Waals surface area contributed by atoms with Gasteiger partial charge in [-0.15, -0.1) is 5.10 Å². The van der Waals surface area contributed by atoms with Crippen LogP contribution in [-0.4, -0.2) is 37.2 Å². The van der Waals surface area contributed by atoms with Crippen LogP contribution in [0.4, 0.5) is 0 Å². The SMILES string of the molecule is CC[C@H](c1nnnn1Cc1ccc(OC)cc1)N(Cc1ccc(C)cc1)Cc1cc2c(C)ccc(C)c2[nH]c1=O. The molecule has 0 aliphatic carbocycles. The Kier molecular flexibility index (Phi) is 8.07. The first-order valence-corrected chi connectivity index (χ1v) is 13.7. The van der Waals surface area contributed by atoms with Gasteiger partial charge in [-0.05, 0) is 78.1 Å². The highest BCUT2D eigenvalue weighted by molar-refractivity contribution is 5.85. The molecule has 5 rings (SSSR count). The van der Waals surface area contributed by atoms with Gasteiger partial charge >= 0.3 is 0 Å². The molecule has 0 spiro atoms. The molecule has 0 aliphatic rings. The summed E-state index contributed by atoms with van der Waals surface area (Å²) in [6.07, 6.45) is 0.776. The van der Waals surface area contributed by atoms with Gasteiger partial charge in [0.15, 0.2) is 5.82 Å². The van der Waals surface area contributed by atoms with Crippen LogP contribution < -0.4 is 10.3 Å². The topological polar surface area (TPSA) is 88.9 Å². The van der Waals surface area contributed by atoms with Crippen molar-refractivity contribution in [2.45, 2.75) is 59.8 Å². The number of nitrogens with zero attached hydrogens (tertiary/aromatic N) is 5. The largest absolute Gasteiger partial charge is 0.497 e. The van der Waals surface area contributed by atoms with Crippen molar-refractivity contribution in [2.75, 3.05) is 7.11 Å². The minimum atomic E-state index is -0.108. The molecule has 8 heteroatoms. The predicted molar refractivity (Wildman–Crippen MR) is 157 cm³/mol. The Morgan fingerprint density at radius 2 is 1.62 bits per heavy atom. The summed E-state index contributed by atoms with van der Waals surface area (Å²) in [5.41, 5.74) is 7.21. The monoisotopic (exact) mass is 536 g/mol. The average molecular weight is 537 g/mol. The first-order valence-electron chi connectivity index (χ1n) is 13.7. The molecule has 3 aromatic carbocycles. The fourth-order valence-electron chi connectivity index (χ4n) is 5.23. The second kappa shape index (κ2) is 11.8. The van der Waals surface area contributed by atoms with Crippen LogP contribution in [0.5, 0.6) is 5.75 Å². The molecule has 0 aliphatic heterocycles. The quantitative estimate of drug-likeness (QED) is 0.248. The number of hydrogen-bond donors (Lipinski definition) is 1. The predicted octanol–water partition coefficient (Wildman–Crippen LogP) is 5.65. The molecule has 0 saturated heterocycles. The number of ether oxygens (including phenoxy) is 1. The van der Waals surface area contributed by atoms with Gasteiger partial charge in [-0.25, -0.2) is 4.68 Å². The standard InChI is InChI=1S/C32H36N6O2/c1-6-29(31-34-35-36-38(31)19-25-13-15-27(40-5)16-14-25)37(18-24-11-7-21(2)8-12-24)20-26-17-28-22(3)9-10-23(4)30(28)33-32(26)39/h7-17,29H,6,18-20H2,1-5H3,(H,33,39)/t29-/m1/s1. The van der Waals surface area contributed by atoms with Gasteiger partial charge in [-0.1, -0.05) is 61.0 Å². The van der Waals surface area contributed by atoms with E-state index in [1.165, 1.54) is 11.1 Å². The van der Waals surface area contributed by atoms with E-state index in [1.54, 1.807) is 7.11 Å². The van der Waals surface area contributed by atoms with E-state index in [0.29, 0.717) is 19.6 Å². The van der Waals surface area contributed by atoms with Crippen LogP contribution in [0.1, 0.15) is 58.6 Å². The molecule has 0 fully saturated rings. The van der Waals surface area contributed by atoms with E-state index in [9.17, 15) is 4.79 Å². The van der Waals surface area contributed by atoms with Crippen molar-refractivity contribution in [3.05, 3.63) is 116 Å². The number of H-pyrrole nitrogens is 1. The van der Waals surface area contributed by atoms with Crippen molar-refractivity contribution in [3.8, 4) is 5.75 Å². The zero-order chi connectivity index (χ0) is 28.2. The number of aryl methyl sites for hydroxylation is 3. The third kappa shape index (κ3) is 5.82. The molecule has 0 amide bonds. The Balaban J connectivity index is 1.52. The minimum Gasteiger partial charge on any atom is -0.497 e. The van der Waals surface area contributed by atoms with E-state index < -0.39 is 0 Å². The number of pyridine rings is 1. The highest BCUT2D eigenvalue weighted by Gasteiger charge is 2.26. The second-order valence-electron chi connectivity index (χ2n) is 10.5. The summed E-state index contributed by atoms with van der Waals surface area (Å²) in [6.45, 7) is 9.97. The molecular formula is C32H36N6O2. The summed E-state index contributed by atoms with van der Waals surface area (Å²) in [5, 5.41) is 13.9. The number of aromatic amines is 1. The first-order chi connectivity index (χ1) is 19.4. The van der Waals surface area contributed by atoms with E-state index in [1.807, 2.05) is 48.0 Å². The van der Waals surface area contributed by atoms with Crippen LogP contribution >= 0.6 is 0 Å². The Labute approximate surface area is 234 Å². The lowest BCUT2D eigenvalue weighted by atomic mass is 10.0. The molecule has 1 N–H and O–H groups in total. The van der Waals surface area contributed by atoms with Gasteiger partial charge in [-0.2, -0.15) is 0 Å². The van der Waals surface area contributed by atoms with Crippen molar-refractivity contribution in [1.82, 2.24) is 30.1 Å². The maximum Gasteiger partial charge on any atom is 0.252 e. The van der Waals surface area contributed by atoms with Crippen molar-refractivity contribution < 1.29 is 4.74 Å². The molecule has 2 heterocycles. The lowest BCUT2D eigenvalue weighted by Crippen LogP contribution is -2.32. The van der Waals surface area contributed by atoms with Gasteiger partial charge in [0.25, 0.3) is 5.56 Å². The zero-order valence-electron chi connectivity index (χ0n) is 23.8. The van der Waals surface area contributed by atoms with E-state index in [4.69, 9.17) is 4.74 Å². The van der Waals surface area contributed by atoms with Gasteiger partial charge in [-0.3, -0.25) is 9.69 Å². The Morgan fingerprint density at radius 1 is 0.925 bits per heavy atom. The summed E-state index contributed by atoms with van der Waals surface area (Å²) in [5.74, 6) is 1.58. The van der Waals surface area contributed by atoms with Crippen molar-refractivity contribution >= 4 is 10.9 Å². The maximum atomic E-state index is 13.3.